The second kappa shape index (κ2) is 6.08. The van der Waals surface area contributed by atoms with Gasteiger partial charge in [0.15, 0.2) is 12.4 Å². The Morgan fingerprint density at radius 1 is 1.10 bits per heavy atom. The van der Waals surface area contributed by atoms with Gasteiger partial charge >= 0.3 is 0 Å². The number of benzene rings is 2. The van der Waals surface area contributed by atoms with Gasteiger partial charge in [-0.2, -0.15) is 0 Å². The lowest BCUT2D eigenvalue weighted by atomic mass is 10.1. The average molecular weight is 293 g/mol. The Bertz CT molecular complexity index is 666. The molecule has 0 saturated carbocycles. The van der Waals surface area contributed by atoms with Crippen molar-refractivity contribution in [2.24, 2.45) is 0 Å². The monoisotopic (exact) mass is 293 g/mol. The molecular weight excluding hydrogens is 284 g/mol. The highest BCUT2D eigenvalue weighted by atomic mass is 19.1. The van der Waals surface area contributed by atoms with Crippen LogP contribution < -0.4 is 4.74 Å². The van der Waals surface area contributed by atoms with Crippen LogP contribution in [0.1, 0.15) is 10.4 Å². The quantitative estimate of drug-likeness (QED) is 0.482. The van der Waals surface area contributed by atoms with E-state index < -0.39 is 28.9 Å². The number of ether oxygens (including phenoxy) is 1. The van der Waals surface area contributed by atoms with E-state index in [9.17, 15) is 23.7 Å². The number of ketones is 1. The van der Waals surface area contributed by atoms with Crippen molar-refractivity contribution in [2.75, 3.05) is 6.61 Å². The van der Waals surface area contributed by atoms with E-state index >= 15 is 0 Å². The first-order valence-electron chi connectivity index (χ1n) is 5.82. The molecule has 0 unspecified atom stereocenters. The van der Waals surface area contributed by atoms with Crippen LogP contribution in [0, 0.1) is 21.7 Å². The number of hydrogen-bond donors (Lipinski definition) is 0. The summed E-state index contributed by atoms with van der Waals surface area (Å²) in [5.74, 6) is -2.20. The number of nitro benzene ring substituents is 1. The fourth-order valence-electron chi connectivity index (χ4n) is 1.61. The molecule has 0 aliphatic heterocycles. The minimum Gasteiger partial charge on any atom is -0.485 e. The summed E-state index contributed by atoms with van der Waals surface area (Å²) in [6.45, 7) is -0.430. The van der Waals surface area contributed by atoms with Gasteiger partial charge in [0.2, 0.25) is 0 Å². The maximum atomic E-state index is 12.9. The van der Waals surface area contributed by atoms with Crippen molar-refractivity contribution in [3.05, 3.63) is 69.8 Å². The number of hydrogen-bond acceptors (Lipinski definition) is 4. The first-order chi connectivity index (χ1) is 9.95. The molecule has 21 heavy (non-hydrogen) atoms. The van der Waals surface area contributed by atoms with Gasteiger partial charge in [-0.05, 0) is 12.1 Å². The lowest BCUT2D eigenvalue weighted by Gasteiger charge is -2.06. The maximum absolute atomic E-state index is 12.9. The van der Waals surface area contributed by atoms with Gasteiger partial charge in [0.05, 0.1) is 4.92 Å². The number of carbonyl (C=O) groups excluding carboxylic acids is 1. The van der Waals surface area contributed by atoms with Gasteiger partial charge in [-0.1, -0.05) is 0 Å². The average Bonchev–Trinajstić information content (AvgIpc) is 2.44. The van der Waals surface area contributed by atoms with Crippen molar-refractivity contribution < 1.29 is 23.2 Å². The van der Waals surface area contributed by atoms with Gasteiger partial charge in [0.1, 0.15) is 17.4 Å². The van der Waals surface area contributed by atoms with E-state index in [0.717, 1.165) is 12.1 Å². The predicted molar refractivity (Wildman–Crippen MR) is 69.3 cm³/mol. The highest BCUT2D eigenvalue weighted by Gasteiger charge is 2.11. The van der Waals surface area contributed by atoms with Gasteiger partial charge in [-0.3, -0.25) is 14.9 Å². The van der Waals surface area contributed by atoms with Crippen LogP contribution in [0.15, 0.2) is 42.5 Å². The zero-order valence-corrected chi connectivity index (χ0v) is 10.6. The minimum absolute atomic E-state index is 0.109. The van der Waals surface area contributed by atoms with Crippen molar-refractivity contribution in [1.82, 2.24) is 0 Å². The molecule has 2 aromatic rings. The normalized spacial score (nSPS) is 10.2. The van der Waals surface area contributed by atoms with E-state index in [1.165, 1.54) is 24.3 Å². The Morgan fingerprint density at radius 2 is 1.67 bits per heavy atom. The molecule has 0 radical (unpaired) electrons. The van der Waals surface area contributed by atoms with Gasteiger partial charge < -0.3 is 4.74 Å². The summed E-state index contributed by atoms with van der Waals surface area (Å²) in [5.41, 5.74) is 0.0668. The number of nitrogens with zero attached hydrogens (tertiary/aromatic N) is 1. The van der Waals surface area contributed by atoms with Gasteiger partial charge in [0.25, 0.3) is 5.69 Å². The first kappa shape index (κ1) is 14.6. The molecular formula is C14H9F2NO4. The second-order valence-corrected chi connectivity index (χ2v) is 4.12. The van der Waals surface area contributed by atoms with Crippen LogP contribution in [0.4, 0.5) is 14.5 Å². The van der Waals surface area contributed by atoms with Crippen LogP contribution in [0.3, 0.4) is 0 Å². The summed E-state index contributed by atoms with van der Waals surface area (Å²) in [5, 5.41) is 10.5. The Labute approximate surface area is 117 Å². The third-order valence-corrected chi connectivity index (χ3v) is 2.61. The lowest BCUT2D eigenvalue weighted by molar-refractivity contribution is -0.384. The molecule has 0 fully saturated rings. The molecule has 0 bridgehead atoms. The largest absolute Gasteiger partial charge is 0.485 e. The fourth-order valence-corrected chi connectivity index (χ4v) is 1.61. The van der Waals surface area contributed by atoms with E-state index in [2.05, 4.69) is 0 Å². The Morgan fingerprint density at radius 3 is 2.19 bits per heavy atom. The fraction of sp³-hybridized carbons (Fsp3) is 0.0714. The van der Waals surface area contributed by atoms with E-state index in [4.69, 9.17) is 4.74 Å². The summed E-state index contributed by atoms with van der Waals surface area (Å²) < 4.78 is 30.9. The Kier molecular flexibility index (Phi) is 4.22. The molecule has 0 saturated heterocycles. The zero-order valence-electron chi connectivity index (χ0n) is 10.6. The number of rotatable bonds is 5. The molecule has 0 aromatic heterocycles. The van der Waals surface area contributed by atoms with Gasteiger partial charge in [-0.15, -0.1) is 0 Å². The molecule has 2 rings (SSSR count). The third kappa shape index (κ3) is 3.82. The van der Waals surface area contributed by atoms with Crippen LogP contribution in [-0.2, 0) is 0 Å². The molecule has 5 nitrogen and oxygen atoms in total. The molecule has 0 heterocycles. The lowest BCUT2D eigenvalue weighted by Crippen LogP contribution is -2.11. The van der Waals surface area contributed by atoms with Crippen molar-refractivity contribution in [3.8, 4) is 5.75 Å². The minimum atomic E-state index is -0.812. The van der Waals surface area contributed by atoms with Crippen LogP contribution in [-0.4, -0.2) is 17.3 Å². The van der Waals surface area contributed by atoms with Crippen molar-refractivity contribution >= 4 is 11.5 Å². The number of non-ortho nitro benzene ring substituents is 1. The van der Waals surface area contributed by atoms with E-state index in [1.54, 1.807) is 0 Å². The zero-order chi connectivity index (χ0) is 15.4. The van der Waals surface area contributed by atoms with Crippen molar-refractivity contribution in [1.29, 1.82) is 0 Å². The molecule has 0 amide bonds. The molecule has 0 aliphatic rings. The van der Waals surface area contributed by atoms with Gasteiger partial charge in [-0.25, -0.2) is 8.78 Å². The van der Waals surface area contributed by atoms with E-state index in [0.29, 0.717) is 6.07 Å². The Balaban J connectivity index is 2.02. The van der Waals surface area contributed by atoms with Crippen molar-refractivity contribution in [3.63, 3.8) is 0 Å². The summed E-state index contributed by atoms with van der Waals surface area (Å²) in [6, 6.07) is 7.54. The number of Topliss-reactive ketones (excluding diaryl/α,β-unsaturated/α-hetero) is 1. The SMILES string of the molecule is O=C(COc1cc(F)cc(F)c1)c1ccc([N+](=O)[O-])cc1. The predicted octanol–water partition coefficient (Wildman–Crippen LogP) is 3.13. The molecule has 108 valence electrons. The number of halogens is 2. The highest BCUT2D eigenvalue weighted by Crippen LogP contribution is 2.16. The topological polar surface area (TPSA) is 69.4 Å². The van der Waals surface area contributed by atoms with Crippen LogP contribution >= 0.6 is 0 Å². The van der Waals surface area contributed by atoms with Crippen LogP contribution in [0.25, 0.3) is 0 Å². The third-order valence-electron chi connectivity index (χ3n) is 2.61. The summed E-state index contributed by atoms with van der Waals surface area (Å²) in [4.78, 5) is 21.7. The number of nitro groups is 1. The summed E-state index contributed by atoms with van der Waals surface area (Å²) >= 11 is 0. The van der Waals surface area contributed by atoms with Crippen molar-refractivity contribution in [2.45, 2.75) is 0 Å². The van der Waals surface area contributed by atoms with Crippen LogP contribution in [0.2, 0.25) is 0 Å². The van der Waals surface area contributed by atoms with Crippen LogP contribution in [0.5, 0.6) is 5.75 Å². The molecule has 7 heteroatoms. The second-order valence-electron chi connectivity index (χ2n) is 4.12. The molecule has 0 aliphatic carbocycles. The molecule has 0 N–H and O–H groups in total. The molecule has 0 spiro atoms. The van der Waals surface area contributed by atoms with Gasteiger partial charge in [0, 0.05) is 35.9 Å². The smallest absolute Gasteiger partial charge is 0.269 e. The summed E-state index contributed by atoms with van der Waals surface area (Å²) in [6.07, 6.45) is 0. The molecule has 2 aromatic carbocycles. The van der Waals surface area contributed by atoms with E-state index in [-0.39, 0.29) is 17.0 Å². The maximum Gasteiger partial charge on any atom is 0.269 e. The molecule has 0 atom stereocenters. The first-order valence-corrected chi connectivity index (χ1v) is 5.82. The Hall–Kier alpha value is -2.83. The standard InChI is InChI=1S/C14H9F2NO4/c15-10-5-11(16)7-13(6-10)21-8-14(18)9-1-3-12(4-2-9)17(19)20/h1-7H,8H2. The van der Waals surface area contributed by atoms with E-state index in [1.807, 2.05) is 0 Å². The number of carbonyl (C=O) groups is 1. The summed E-state index contributed by atoms with van der Waals surface area (Å²) in [7, 11) is 0. The highest BCUT2D eigenvalue weighted by molar-refractivity contribution is 5.97.